The van der Waals surface area contributed by atoms with Crippen LogP contribution in [0.15, 0.2) is 23.6 Å². The predicted molar refractivity (Wildman–Crippen MR) is 150 cm³/mol. The van der Waals surface area contributed by atoms with E-state index >= 15 is 0 Å². The molecule has 4 atom stereocenters. The summed E-state index contributed by atoms with van der Waals surface area (Å²) in [6.07, 6.45) is 3.65. The van der Waals surface area contributed by atoms with Crippen molar-refractivity contribution in [3.05, 3.63) is 34.7 Å². The maximum atomic E-state index is 14.4. The Morgan fingerprint density at radius 1 is 1.15 bits per heavy atom. The van der Waals surface area contributed by atoms with Crippen LogP contribution < -0.4 is 10.6 Å². The van der Waals surface area contributed by atoms with Gasteiger partial charge in [-0.25, -0.2) is 4.98 Å². The minimum atomic E-state index is -0.545. The van der Waals surface area contributed by atoms with E-state index in [9.17, 15) is 14.4 Å². The number of thiazole rings is 1. The lowest BCUT2D eigenvalue weighted by atomic mass is 9.80. The maximum absolute atomic E-state index is 14.4. The van der Waals surface area contributed by atoms with Gasteiger partial charge in [-0.2, -0.15) is 0 Å². The van der Waals surface area contributed by atoms with Crippen LogP contribution in [-0.2, 0) is 14.3 Å². The number of carbonyl (C=O) groups excluding carboxylic acids is 3. The second-order valence-electron chi connectivity index (χ2n) is 11.6. The Bertz CT molecular complexity index is 1270. The first kappa shape index (κ1) is 26.4. The van der Waals surface area contributed by atoms with E-state index < -0.39 is 17.9 Å². The summed E-state index contributed by atoms with van der Waals surface area (Å²) in [6, 6.07) is 5.04. The molecule has 1 saturated carbocycles. The lowest BCUT2D eigenvalue weighted by molar-refractivity contribution is -0.138. The number of hydrogen-bond donors (Lipinski definition) is 1. The van der Waals surface area contributed by atoms with Gasteiger partial charge in [0.1, 0.15) is 12.6 Å². The maximum Gasteiger partial charge on any atom is 0.249 e. The summed E-state index contributed by atoms with van der Waals surface area (Å²) in [5, 5.41) is 3.03. The van der Waals surface area contributed by atoms with Crippen molar-refractivity contribution < 1.29 is 19.1 Å². The van der Waals surface area contributed by atoms with Gasteiger partial charge >= 0.3 is 0 Å². The van der Waals surface area contributed by atoms with Crippen LogP contribution >= 0.6 is 11.3 Å². The summed E-state index contributed by atoms with van der Waals surface area (Å²) in [7, 11) is 2.13. The molecule has 1 aromatic carbocycles. The first-order chi connectivity index (χ1) is 18.8. The number of primary amides is 1. The molecule has 0 spiro atoms. The topological polar surface area (TPSA) is 109 Å². The minimum Gasteiger partial charge on any atom is -0.367 e. The third-order valence-corrected chi connectivity index (χ3v) is 9.98. The van der Waals surface area contributed by atoms with Gasteiger partial charge in [0.05, 0.1) is 17.7 Å². The highest BCUT2D eigenvalue weighted by Gasteiger charge is 2.52. The number of nitrogens with two attached hydrogens (primary N) is 1. The number of fused-ring (bicyclic) bond motifs is 1. The van der Waals surface area contributed by atoms with Crippen molar-refractivity contribution in [3.8, 4) is 11.3 Å². The quantitative estimate of drug-likeness (QED) is 0.588. The van der Waals surface area contributed by atoms with Crippen molar-refractivity contribution in [2.45, 2.75) is 50.7 Å². The zero-order valence-corrected chi connectivity index (χ0v) is 23.5. The highest BCUT2D eigenvalue weighted by Crippen LogP contribution is 2.43. The number of Topliss-reactive ketones (excluding diaryl/α,β-unsaturated/α-hetero) is 1. The number of anilines is 1. The molecule has 9 nitrogen and oxygen atoms in total. The van der Waals surface area contributed by atoms with E-state index in [2.05, 4.69) is 16.8 Å². The van der Waals surface area contributed by atoms with E-state index in [0.29, 0.717) is 17.7 Å². The SMILES string of the molecule is C[C@@H]1CN(C(=O)[C@H](c2cc(-c3csc(N4CCN(C)CC4)n3)ccc2C(N)=O)C2CCCC2)[C@@H]2C(=O)CO[C@H]12. The summed E-state index contributed by atoms with van der Waals surface area (Å²) in [5.74, 6) is -1.03. The molecule has 2 aromatic rings. The van der Waals surface area contributed by atoms with Gasteiger partial charge in [-0.15, -0.1) is 11.3 Å². The number of aromatic nitrogens is 1. The number of ether oxygens (including phenoxy) is 1. The molecule has 6 rings (SSSR count). The zero-order chi connectivity index (χ0) is 27.3. The molecule has 1 aromatic heterocycles. The Kier molecular flexibility index (Phi) is 7.20. The first-order valence-corrected chi connectivity index (χ1v) is 15.0. The molecule has 3 saturated heterocycles. The summed E-state index contributed by atoms with van der Waals surface area (Å²) >= 11 is 1.62. The van der Waals surface area contributed by atoms with E-state index in [1.165, 1.54) is 0 Å². The van der Waals surface area contributed by atoms with Crippen LogP contribution in [0.2, 0.25) is 0 Å². The van der Waals surface area contributed by atoms with Gasteiger partial charge < -0.3 is 25.2 Å². The number of rotatable bonds is 6. The fourth-order valence-corrected chi connectivity index (χ4v) is 7.81. The van der Waals surface area contributed by atoms with Gasteiger partial charge in [-0.05, 0) is 43.5 Å². The van der Waals surface area contributed by atoms with Crippen molar-refractivity contribution >= 4 is 34.1 Å². The normalized spacial score (nSPS) is 26.8. The van der Waals surface area contributed by atoms with Gasteiger partial charge in [0.25, 0.3) is 0 Å². The lowest BCUT2D eigenvalue weighted by Gasteiger charge is -2.32. The average molecular weight is 552 g/mol. The Hall–Kier alpha value is -2.82. The van der Waals surface area contributed by atoms with Crippen molar-refractivity contribution in [1.29, 1.82) is 0 Å². The fraction of sp³-hybridized carbons (Fsp3) is 0.586. The molecule has 208 valence electrons. The number of likely N-dealkylation sites (N-methyl/N-ethyl adjacent to an activating group) is 1. The number of nitrogens with zero attached hydrogens (tertiary/aromatic N) is 4. The summed E-state index contributed by atoms with van der Waals surface area (Å²) in [6.45, 7) is 6.45. The van der Waals surface area contributed by atoms with Crippen LogP contribution in [-0.4, -0.2) is 90.9 Å². The highest BCUT2D eigenvalue weighted by molar-refractivity contribution is 7.14. The number of ketones is 1. The molecule has 4 heterocycles. The van der Waals surface area contributed by atoms with Crippen LogP contribution in [0.25, 0.3) is 11.3 Å². The summed E-state index contributed by atoms with van der Waals surface area (Å²) in [5.41, 5.74) is 8.61. The molecule has 3 aliphatic heterocycles. The molecule has 10 heteroatoms. The van der Waals surface area contributed by atoms with Gasteiger partial charge in [0.2, 0.25) is 11.8 Å². The Labute approximate surface area is 233 Å². The zero-order valence-electron chi connectivity index (χ0n) is 22.7. The lowest BCUT2D eigenvalue weighted by Crippen LogP contribution is -2.45. The van der Waals surface area contributed by atoms with Gasteiger partial charge in [-0.3, -0.25) is 14.4 Å². The van der Waals surface area contributed by atoms with Gasteiger partial charge in [-0.1, -0.05) is 25.8 Å². The molecule has 0 bridgehead atoms. The summed E-state index contributed by atoms with van der Waals surface area (Å²) < 4.78 is 5.76. The molecular weight excluding hydrogens is 514 g/mol. The van der Waals surface area contributed by atoms with Gasteiger partial charge in [0, 0.05) is 55.1 Å². The molecular formula is C29H37N5O4S. The Balaban J connectivity index is 1.37. The molecule has 0 unspecified atom stereocenters. The summed E-state index contributed by atoms with van der Waals surface area (Å²) in [4.78, 5) is 51.1. The number of piperazine rings is 1. The van der Waals surface area contributed by atoms with E-state index in [4.69, 9.17) is 15.5 Å². The molecule has 4 fully saturated rings. The number of hydrogen-bond acceptors (Lipinski definition) is 8. The van der Waals surface area contributed by atoms with Crippen LogP contribution in [0.5, 0.6) is 0 Å². The second-order valence-corrected chi connectivity index (χ2v) is 12.5. The molecule has 0 radical (unpaired) electrons. The smallest absolute Gasteiger partial charge is 0.249 e. The average Bonchev–Trinajstić information content (AvgIpc) is 3.72. The van der Waals surface area contributed by atoms with Crippen LogP contribution in [0.1, 0.15) is 54.4 Å². The van der Waals surface area contributed by atoms with Crippen LogP contribution in [0, 0.1) is 11.8 Å². The number of likely N-dealkylation sites (tertiary alicyclic amines) is 1. The second kappa shape index (κ2) is 10.6. The third-order valence-electron chi connectivity index (χ3n) is 9.07. The molecule has 2 amide bonds. The highest BCUT2D eigenvalue weighted by atomic mass is 32.1. The van der Waals surface area contributed by atoms with Crippen LogP contribution in [0.4, 0.5) is 5.13 Å². The Morgan fingerprint density at radius 3 is 2.62 bits per heavy atom. The molecule has 1 aliphatic carbocycles. The monoisotopic (exact) mass is 551 g/mol. The van der Waals surface area contributed by atoms with Crippen LogP contribution in [0.3, 0.4) is 0 Å². The number of amides is 2. The standard InChI is InChI=1S/C29H37N5O4S/c1-17-14-34(25-23(35)15-38-26(17)25)28(37)24(18-5-3-4-6-18)21-13-19(7-8-20(21)27(30)36)22-16-39-29(31-22)33-11-9-32(2)10-12-33/h7-8,13,16-18,24-26H,3-6,9-12,14-15H2,1-2H3,(H2,30,36)/t17-,24+,25-,26-/m1/s1. The van der Waals surface area contributed by atoms with Gasteiger partial charge in [0.15, 0.2) is 10.9 Å². The third kappa shape index (κ3) is 4.87. The van der Waals surface area contributed by atoms with E-state index in [-0.39, 0.29) is 36.2 Å². The fourth-order valence-electron chi connectivity index (χ4n) is 6.92. The minimum absolute atomic E-state index is 0.0364. The molecule has 2 N–H and O–H groups in total. The predicted octanol–water partition coefficient (Wildman–Crippen LogP) is 2.75. The Morgan fingerprint density at radius 2 is 1.90 bits per heavy atom. The number of benzene rings is 1. The van der Waals surface area contributed by atoms with Crippen molar-refractivity contribution in [1.82, 2.24) is 14.8 Å². The van der Waals surface area contributed by atoms with E-state index in [0.717, 1.165) is 68.3 Å². The van der Waals surface area contributed by atoms with E-state index in [1.807, 2.05) is 24.4 Å². The van der Waals surface area contributed by atoms with Crippen molar-refractivity contribution in [2.24, 2.45) is 17.6 Å². The van der Waals surface area contributed by atoms with Crippen molar-refractivity contribution in [2.75, 3.05) is 51.3 Å². The molecule has 4 aliphatic rings. The van der Waals surface area contributed by atoms with Crippen molar-refractivity contribution in [3.63, 3.8) is 0 Å². The number of carbonyl (C=O) groups is 3. The molecule has 39 heavy (non-hydrogen) atoms. The van der Waals surface area contributed by atoms with E-state index in [1.54, 1.807) is 22.3 Å². The largest absolute Gasteiger partial charge is 0.367 e. The first-order valence-electron chi connectivity index (χ1n) is 14.1.